The highest BCUT2D eigenvalue weighted by atomic mass is 16.5. The number of nitrogens with one attached hydrogen (secondary N) is 2. The zero-order chi connectivity index (χ0) is 15.8. The molecule has 118 valence electrons. The predicted molar refractivity (Wildman–Crippen MR) is 84.5 cm³/mol. The van der Waals surface area contributed by atoms with Crippen LogP contribution in [0.5, 0.6) is 0 Å². The van der Waals surface area contributed by atoms with Crippen molar-refractivity contribution in [3.8, 4) is 0 Å². The molecule has 1 atom stereocenters. The summed E-state index contributed by atoms with van der Waals surface area (Å²) in [6.07, 6.45) is 3.69. The molecule has 22 heavy (non-hydrogen) atoms. The van der Waals surface area contributed by atoms with Crippen LogP contribution in [0.2, 0.25) is 0 Å². The number of amides is 2. The van der Waals surface area contributed by atoms with Crippen molar-refractivity contribution in [3.63, 3.8) is 0 Å². The monoisotopic (exact) mass is 302 g/mol. The molecule has 1 aromatic carbocycles. The summed E-state index contributed by atoms with van der Waals surface area (Å²) in [5.74, 6) is 0. The van der Waals surface area contributed by atoms with Gasteiger partial charge in [-0.1, -0.05) is 24.3 Å². The van der Waals surface area contributed by atoms with Crippen molar-refractivity contribution >= 4 is 6.03 Å². The molecule has 2 amide bonds. The molecule has 6 nitrogen and oxygen atoms in total. The van der Waals surface area contributed by atoms with E-state index in [0.717, 1.165) is 17.7 Å². The lowest BCUT2D eigenvalue weighted by Crippen LogP contribution is -2.42. The summed E-state index contributed by atoms with van der Waals surface area (Å²) in [4.78, 5) is 11.8. The number of ether oxygens (including phenoxy) is 1. The zero-order valence-corrected chi connectivity index (χ0v) is 13.0. The van der Waals surface area contributed by atoms with Crippen LogP contribution < -0.4 is 10.6 Å². The van der Waals surface area contributed by atoms with E-state index in [1.807, 2.05) is 42.1 Å². The number of aromatic nitrogens is 2. The van der Waals surface area contributed by atoms with Gasteiger partial charge < -0.3 is 15.4 Å². The summed E-state index contributed by atoms with van der Waals surface area (Å²) in [6.45, 7) is 3.59. The molecule has 0 saturated carbocycles. The fourth-order valence-corrected chi connectivity index (χ4v) is 2.17. The molecule has 0 spiro atoms. The minimum atomic E-state index is -0.193. The van der Waals surface area contributed by atoms with Gasteiger partial charge in [0, 0.05) is 26.0 Å². The number of benzene rings is 1. The van der Waals surface area contributed by atoms with Gasteiger partial charge in [0.2, 0.25) is 0 Å². The van der Waals surface area contributed by atoms with Crippen LogP contribution in [0.25, 0.3) is 0 Å². The Kier molecular flexibility index (Phi) is 5.97. The quantitative estimate of drug-likeness (QED) is 0.819. The Labute approximate surface area is 130 Å². The van der Waals surface area contributed by atoms with E-state index in [1.165, 1.54) is 0 Å². The van der Waals surface area contributed by atoms with Crippen LogP contribution >= 0.6 is 0 Å². The highest BCUT2D eigenvalue weighted by Crippen LogP contribution is 2.07. The average molecular weight is 302 g/mol. The molecule has 0 fully saturated rings. The molecule has 0 aliphatic carbocycles. The third-order valence-electron chi connectivity index (χ3n) is 3.14. The molecule has 0 aliphatic rings. The standard InChI is InChI=1S/C16H22N4O2/c1-13(12-22-2)19-16(21)17-10-14-5-3-6-15(9-14)11-20-8-4-7-18-20/h3-9,13H,10-12H2,1-2H3,(H2,17,19,21). The summed E-state index contributed by atoms with van der Waals surface area (Å²) in [7, 11) is 1.61. The minimum Gasteiger partial charge on any atom is -0.383 e. The summed E-state index contributed by atoms with van der Waals surface area (Å²) in [6, 6.07) is 9.79. The van der Waals surface area contributed by atoms with Crippen LogP contribution in [0.1, 0.15) is 18.1 Å². The Bertz CT molecular complexity index is 584. The third kappa shape index (κ3) is 5.21. The molecular weight excluding hydrogens is 280 g/mol. The van der Waals surface area contributed by atoms with Gasteiger partial charge in [-0.05, 0) is 24.1 Å². The van der Waals surface area contributed by atoms with Gasteiger partial charge in [-0.15, -0.1) is 0 Å². The van der Waals surface area contributed by atoms with E-state index >= 15 is 0 Å². The van der Waals surface area contributed by atoms with Gasteiger partial charge in [0.15, 0.2) is 0 Å². The van der Waals surface area contributed by atoms with Crippen molar-refractivity contribution in [2.75, 3.05) is 13.7 Å². The number of methoxy groups -OCH3 is 1. The first kappa shape index (κ1) is 16.0. The molecule has 2 N–H and O–H groups in total. The molecule has 2 aromatic rings. The topological polar surface area (TPSA) is 68.2 Å². The van der Waals surface area contributed by atoms with Crippen molar-refractivity contribution < 1.29 is 9.53 Å². The molecule has 0 radical (unpaired) electrons. The molecule has 1 heterocycles. The highest BCUT2D eigenvalue weighted by molar-refractivity contribution is 5.74. The number of rotatable bonds is 7. The van der Waals surface area contributed by atoms with Gasteiger partial charge in [-0.25, -0.2) is 4.79 Å². The van der Waals surface area contributed by atoms with Crippen LogP contribution in [-0.4, -0.2) is 35.6 Å². The predicted octanol–water partition coefficient (Wildman–Crippen LogP) is 1.77. The summed E-state index contributed by atoms with van der Waals surface area (Å²) >= 11 is 0. The van der Waals surface area contributed by atoms with E-state index < -0.39 is 0 Å². The maximum Gasteiger partial charge on any atom is 0.315 e. The van der Waals surface area contributed by atoms with E-state index in [4.69, 9.17) is 4.74 Å². The van der Waals surface area contributed by atoms with Gasteiger partial charge >= 0.3 is 6.03 Å². The summed E-state index contributed by atoms with van der Waals surface area (Å²) in [5, 5.41) is 9.85. The fraction of sp³-hybridized carbons (Fsp3) is 0.375. The second kappa shape index (κ2) is 8.19. The third-order valence-corrected chi connectivity index (χ3v) is 3.14. The number of carbonyl (C=O) groups is 1. The minimum absolute atomic E-state index is 0.0175. The van der Waals surface area contributed by atoms with Gasteiger partial charge in [0.1, 0.15) is 0 Å². The second-order valence-corrected chi connectivity index (χ2v) is 5.21. The normalized spacial score (nSPS) is 11.9. The van der Waals surface area contributed by atoms with E-state index in [-0.39, 0.29) is 12.1 Å². The summed E-state index contributed by atoms with van der Waals surface area (Å²) in [5.41, 5.74) is 2.20. The Morgan fingerprint density at radius 3 is 2.91 bits per heavy atom. The van der Waals surface area contributed by atoms with E-state index in [2.05, 4.69) is 21.8 Å². The van der Waals surface area contributed by atoms with Crippen molar-refractivity contribution in [3.05, 3.63) is 53.9 Å². The van der Waals surface area contributed by atoms with Crippen LogP contribution in [0.15, 0.2) is 42.7 Å². The molecule has 1 unspecified atom stereocenters. The second-order valence-electron chi connectivity index (χ2n) is 5.21. The Hall–Kier alpha value is -2.34. The van der Waals surface area contributed by atoms with Crippen molar-refractivity contribution in [2.24, 2.45) is 0 Å². The van der Waals surface area contributed by atoms with Gasteiger partial charge in [-0.2, -0.15) is 5.10 Å². The van der Waals surface area contributed by atoms with Crippen molar-refractivity contribution in [1.29, 1.82) is 0 Å². The number of nitrogens with zero attached hydrogens (tertiary/aromatic N) is 2. The molecule has 6 heteroatoms. The first-order valence-corrected chi connectivity index (χ1v) is 7.26. The maximum atomic E-state index is 11.8. The number of carbonyl (C=O) groups excluding carboxylic acids is 1. The van der Waals surface area contributed by atoms with Gasteiger partial charge in [-0.3, -0.25) is 4.68 Å². The van der Waals surface area contributed by atoms with E-state index in [0.29, 0.717) is 13.2 Å². The maximum absolute atomic E-state index is 11.8. The highest BCUT2D eigenvalue weighted by Gasteiger charge is 2.06. The largest absolute Gasteiger partial charge is 0.383 e. The Morgan fingerprint density at radius 2 is 2.18 bits per heavy atom. The summed E-state index contributed by atoms with van der Waals surface area (Å²) < 4.78 is 6.85. The van der Waals surface area contributed by atoms with Crippen LogP contribution in [0.4, 0.5) is 4.79 Å². The number of hydrogen-bond donors (Lipinski definition) is 2. The fourth-order valence-electron chi connectivity index (χ4n) is 2.17. The average Bonchev–Trinajstić information content (AvgIpc) is 2.99. The van der Waals surface area contributed by atoms with Gasteiger partial charge in [0.05, 0.1) is 19.2 Å². The number of hydrogen-bond acceptors (Lipinski definition) is 3. The van der Waals surface area contributed by atoms with E-state index in [1.54, 1.807) is 13.3 Å². The van der Waals surface area contributed by atoms with Crippen molar-refractivity contribution in [1.82, 2.24) is 20.4 Å². The molecule has 0 aliphatic heterocycles. The zero-order valence-electron chi connectivity index (χ0n) is 13.0. The van der Waals surface area contributed by atoms with Crippen LogP contribution in [0, 0.1) is 0 Å². The number of urea groups is 1. The SMILES string of the molecule is COCC(C)NC(=O)NCc1cccc(Cn2cccn2)c1. The van der Waals surface area contributed by atoms with Crippen molar-refractivity contribution in [2.45, 2.75) is 26.1 Å². The Morgan fingerprint density at radius 1 is 1.36 bits per heavy atom. The smallest absolute Gasteiger partial charge is 0.315 e. The molecule has 1 aromatic heterocycles. The molecule has 2 rings (SSSR count). The lowest BCUT2D eigenvalue weighted by Gasteiger charge is -2.14. The van der Waals surface area contributed by atoms with Gasteiger partial charge in [0.25, 0.3) is 0 Å². The first-order chi connectivity index (χ1) is 10.7. The van der Waals surface area contributed by atoms with E-state index in [9.17, 15) is 4.79 Å². The van der Waals surface area contributed by atoms with Crippen LogP contribution in [0.3, 0.4) is 0 Å². The molecule has 0 bridgehead atoms. The Balaban J connectivity index is 1.84. The lowest BCUT2D eigenvalue weighted by molar-refractivity contribution is 0.171. The molecular formula is C16H22N4O2. The van der Waals surface area contributed by atoms with Crippen LogP contribution in [-0.2, 0) is 17.8 Å². The first-order valence-electron chi connectivity index (χ1n) is 7.26. The lowest BCUT2D eigenvalue weighted by atomic mass is 10.1. The molecule has 0 saturated heterocycles.